The van der Waals surface area contributed by atoms with E-state index in [2.05, 4.69) is 0 Å². The number of likely N-dealkylation sites (tertiary alicyclic amines) is 1. The van der Waals surface area contributed by atoms with Gasteiger partial charge in [0, 0.05) is 37.8 Å². The second-order valence-electron chi connectivity index (χ2n) is 6.66. The number of carbonyl (C=O) groups excluding carboxylic acids is 1. The number of fused-ring (bicyclic) bond motifs is 2. The number of rotatable bonds is 0. The van der Waals surface area contributed by atoms with Crippen molar-refractivity contribution in [1.29, 1.82) is 0 Å². The van der Waals surface area contributed by atoms with Gasteiger partial charge in [0.05, 0.1) is 6.10 Å². The molecule has 1 aliphatic carbocycles. The Labute approximate surface area is 111 Å². The van der Waals surface area contributed by atoms with Gasteiger partial charge in [-0.3, -0.25) is 0 Å². The summed E-state index contributed by atoms with van der Waals surface area (Å²) >= 11 is 0. The molecule has 2 rings (SSSR count). The van der Waals surface area contributed by atoms with Crippen molar-refractivity contribution in [3.8, 4) is 0 Å². The van der Waals surface area contributed by atoms with E-state index in [0.717, 1.165) is 0 Å². The first-order valence-electron chi connectivity index (χ1n) is 6.61. The Morgan fingerprint density at radius 3 is 2.16 bits per heavy atom. The van der Waals surface area contributed by atoms with Gasteiger partial charge in [-0.25, -0.2) is 13.6 Å². The number of amides is 1. The van der Waals surface area contributed by atoms with Crippen molar-refractivity contribution < 1.29 is 23.4 Å². The summed E-state index contributed by atoms with van der Waals surface area (Å²) in [5.41, 5.74) is -0.605. The normalized spacial score (nSPS) is 34.0. The number of piperidine rings is 1. The lowest BCUT2D eigenvalue weighted by Gasteiger charge is -2.47. The fraction of sp³-hybridized carbons (Fsp3) is 0.923. The molecule has 1 aliphatic heterocycles. The van der Waals surface area contributed by atoms with Crippen LogP contribution in [0.4, 0.5) is 13.6 Å². The Morgan fingerprint density at radius 1 is 1.26 bits per heavy atom. The summed E-state index contributed by atoms with van der Waals surface area (Å²) in [7, 11) is 0. The van der Waals surface area contributed by atoms with Gasteiger partial charge >= 0.3 is 6.09 Å². The molecule has 2 aliphatic rings. The fourth-order valence-electron chi connectivity index (χ4n) is 2.94. The van der Waals surface area contributed by atoms with Crippen LogP contribution in [-0.2, 0) is 4.74 Å². The van der Waals surface area contributed by atoms with E-state index >= 15 is 0 Å². The lowest BCUT2D eigenvalue weighted by molar-refractivity contribution is -0.149. The molecule has 0 aromatic heterocycles. The van der Waals surface area contributed by atoms with E-state index < -0.39 is 35.6 Å². The Balaban J connectivity index is 2.04. The van der Waals surface area contributed by atoms with Crippen molar-refractivity contribution in [3.05, 3.63) is 0 Å². The number of hydrogen-bond acceptors (Lipinski definition) is 3. The SMILES string of the molecule is CC(C)(C)OC(=O)N1CC2CC(F)(F)CC(C1)C2O. The summed E-state index contributed by atoms with van der Waals surface area (Å²) < 4.78 is 32.2. The lowest BCUT2D eigenvalue weighted by atomic mass is 9.73. The van der Waals surface area contributed by atoms with E-state index in [1.165, 1.54) is 4.90 Å². The first kappa shape index (κ1) is 14.5. The standard InChI is InChI=1S/C13H21F2NO3/c1-12(2,3)19-11(18)16-6-8-4-13(14,15)5-9(7-16)10(8)17/h8-10,17H,4-7H2,1-3H3. The molecule has 2 atom stereocenters. The largest absolute Gasteiger partial charge is 0.444 e. The van der Waals surface area contributed by atoms with Crippen LogP contribution in [-0.4, -0.2) is 46.8 Å². The number of carbonyl (C=O) groups is 1. The third kappa shape index (κ3) is 3.35. The Morgan fingerprint density at radius 2 is 1.74 bits per heavy atom. The molecule has 0 aromatic rings. The first-order chi connectivity index (χ1) is 8.57. The number of aliphatic hydroxyl groups is 1. The first-order valence-corrected chi connectivity index (χ1v) is 6.61. The molecule has 2 fully saturated rings. The highest BCUT2D eigenvalue weighted by Gasteiger charge is 2.51. The summed E-state index contributed by atoms with van der Waals surface area (Å²) in [6.07, 6.45) is -1.94. The minimum Gasteiger partial charge on any atom is -0.444 e. The maximum absolute atomic E-state index is 13.5. The number of halogens is 2. The molecule has 2 unspecified atom stereocenters. The van der Waals surface area contributed by atoms with E-state index in [-0.39, 0.29) is 25.9 Å². The fourth-order valence-corrected chi connectivity index (χ4v) is 2.94. The highest BCUT2D eigenvalue weighted by molar-refractivity contribution is 5.68. The maximum Gasteiger partial charge on any atom is 0.410 e. The van der Waals surface area contributed by atoms with E-state index in [1.807, 2.05) is 0 Å². The van der Waals surface area contributed by atoms with Gasteiger partial charge < -0.3 is 14.7 Å². The van der Waals surface area contributed by atoms with Crippen molar-refractivity contribution >= 4 is 6.09 Å². The highest BCUT2D eigenvalue weighted by Crippen LogP contribution is 2.43. The van der Waals surface area contributed by atoms with Gasteiger partial charge in [0.1, 0.15) is 5.60 Å². The molecule has 0 radical (unpaired) electrons. The van der Waals surface area contributed by atoms with Crippen molar-refractivity contribution in [3.63, 3.8) is 0 Å². The van der Waals surface area contributed by atoms with Crippen LogP contribution in [0, 0.1) is 11.8 Å². The van der Waals surface area contributed by atoms with Gasteiger partial charge in [0.25, 0.3) is 0 Å². The minimum absolute atomic E-state index is 0.141. The van der Waals surface area contributed by atoms with E-state index in [1.54, 1.807) is 20.8 Å². The molecule has 19 heavy (non-hydrogen) atoms. The number of hydrogen-bond donors (Lipinski definition) is 1. The Hall–Kier alpha value is -0.910. The summed E-state index contributed by atoms with van der Waals surface area (Å²) in [5.74, 6) is -3.85. The average molecular weight is 277 g/mol. The minimum atomic E-state index is -2.73. The van der Waals surface area contributed by atoms with Crippen LogP contribution in [0.25, 0.3) is 0 Å². The van der Waals surface area contributed by atoms with Crippen LogP contribution >= 0.6 is 0 Å². The smallest absolute Gasteiger partial charge is 0.410 e. The van der Waals surface area contributed by atoms with Crippen molar-refractivity contribution in [2.75, 3.05) is 13.1 Å². The van der Waals surface area contributed by atoms with Gasteiger partial charge in [0.2, 0.25) is 5.92 Å². The van der Waals surface area contributed by atoms with Gasteiger partial charge in [0.15, 0.2) is 0 Å². The molecule has 0 aromatic carbocycles. The van der Waals surface area contributed by atoms with Gasteiger partial charge in [-0.05, 0) is 20.8 Å². The molecule has 1 amide bonds. The van der Waals surface area contributed by atoms with Gasteiger partial charge in [-0.1, -0.05) is 0 Å². The lowest BCUT2D eigenvalue weighted by Crippen LogP contribution is -2.57. The predicted molar refractivity (Wildman–Crippen MR) is 65.0 cm³/mol. The molecule has 2 bridgehead atoms. The Kier molecular flexibility index (Phi) is 3.49. The monoisotopic (exact) mass is 277 g/mol. The van der Waals surface area contributed by atoms with E-state index in [9.17, 15) is 18.7 Å². The van der Waals surface area contributed by atoms with Crippen molar-refractivity contribution in [2.45, 2.75) is 51.2 Å². The third-order valence-corrected chi connectivity index (χ3v) is 3.65. The number of alkyl halides is 2. The number of aliphatic hydroxyl groups excluding tert-OH is 1. The zero-order valence-corrected chi connectivity index (χ0v) is 11.5. The summed E-state index contributed by atoms with van der Waals surface area (Å²) in [6, 6.07) is 0. The van der Waals surface area contributed by atoms with Gasteiger partial charge in [-0.15, -0.1) is 0 Å². The molecule has 4 nitrogen and oxygen atoms in total. The molecule has 6 heteroatoms. The van der Waals surface area contributed by atoms with Gasteiger partial charge in [-0.2, -0.15) is 0 Å². The second kappa shape index (κ2) is 4.58. The van der Waals surface area contributed by atoms with E-state index in [4.69, 9.17) is 4.74 Å². The second-order valence-corrected chi connectivity index (χ2v) is 6.66. The highest BCUT2D eigenvalue weighted by atomic mass is 19.3. The third-order valence-electron chi connectivity index (χ3n) is 3.65. The quantitative estimate of drug-likeness (QED) is 0.739. The zero-order chi connectivity index (χ0) is 14.4. The topological polar surface area (TPSA) is 49.8 Å². The molecule has 0 spiro atoms. The molecule has 1 N–H and O–H groups in total. The molecule has 1 saturated heterocycles. The van der Waals surface area contributed by atoms with Crippen LogP contribution in [0.15, 0.2) is 0 Å². The van der Waals surface area contributed by atoms with Crippen LogP contribution < -0.4 is 0 Å². The molecular weight excluding hydrogens is 256 g/mol. The van der Waals surface area contributed by atoms with Crippen molar-refractivity contribution in [2.24, 2.45) is 11.8 Å². The number of nitrogens with zero attached hydrogens (tertiary/aromatic N) is 1. The molecule has 1 saturated carbocycles. The summed E-state index contributed by atoms with van der Waals surface area (Å²) in [4.78, 5) is 13.4. The predicted octanol–water partition coefficient (Wildman–Crippen LogP) is 2.26. The Bertz CT molecular complexity index is 349. The summed E-state index contributed by atoms with van der Waals surface area (Å²) in [5, 5.41) is 9.94. The van der Waals surface area contributed by atoms with Crippen LogP contribution in [0.2, 0.25) is 0 Å². The maximum atomic E-state index is 13.5. The van der Waals surface area contributed by atoms with Crippen LogP contribution in [0.1, 0.15) is 33.6 Å². The number of ether oxygens (including phenoxy) is 1. The van der Waals surface area contributed by atoms with E-state index in [0.29, 0.717) is 0 Å². The molecule has 1 heterocycles. The van der Waals surface area contributed by atoms with Crippen LogP contribution in [0.5, 0.6) is 0 Å². The molecular formula is C13H21F2NO3. The zero-order valence-electron chi connectivity index (χ0n) is 11.5. The van der Waals surface area contributed by atoms with Crippen molar-refractivity contribution in [1.82, 2.24) is 4.90 Å². The average Bonchev–Trinajstić information content (AvgIpc) is 2.17. The summed E-state index contributed by atoms with van der Waals surface area (Å²) in [6.45, 7) is 5.57. The van der Waals surface area contributed by atoms with Crippen LogP contribution in [0.3, 0.4) is 0 Å². The molecule has 110 valence electrons.